The number of aromatic nitrogens is 1. The molecule has 0 aliphatic carbocycles. The summed E-state index contributed by atoms with van der Waals surface area (Å²) in [5.41, 5.74) is 3.26. The number of amides is 3. The third-order valence-electron chi connectivity index (χ3n) is 5.76. The van der Waals surface area contributed by atoms with E-state index in [0.717, 1.165) is 35.3 Å². The van der Waals surface area contributed by atoms with Gasteiger partial charge in [-0.2, -0.15) is 4.90 Å². The van der Waals surface area contributed by atoms with Crippen molar-refractivity contribution in [3.05, 3.63) is 72.6 Å². The van der Waals surface area contributed by atoms with Gasteiger partial charge in [0.25, 0.3) is 0 Å². The minimum absolute atomic E-state index is 0.314. The number of H-pyrrole nitrogens is 1. The number of para-hydroxylation sites is 1. The van der Waals surface area contributed by atoms with Crippen LogP contribution in [0.4, 0.5) is 21.0 Å². The Balaban J connectivity index is 1.59. The number of hydrogen-bond acceptors (Lipinski definition) is 4. The molecule has 4 rings (SSSR count). The Morgan fingerprint density at radius 3 is 2.67 bits per heavy atom. The molecule has 0 radical (unpaired) electrons. The van der Waals surface area contributed by atoms with E-state index in [0.29, 0.717) is 17.3 Å². The minimum Gasteiger partial charge on any atom is -0.446 e. The molecule has 0 saturated heterocycles. The summed E-state index contributed by atoms with van der Waals surface area (Å²) in [5, 5.41) is 3.93. The van der Waals surface area contributed by atoms with E-state index in [1.807, 2.05) is 30.5 Å². The van der Waals surface area contributed by atoms with Crippen molar-refractivity contribution in [3.63, 3.8) is 0 Å². The molecule has 2 heterocycles. The summed E-state index contributed by atoms with van der Waals surface area (Å²) in [6, 6.07) is 13.9. The quantitative estimate of drug-likeness (QED) is 0.498. The first-order chi connectivity index (χ1) is 16.0. The number of urea groups is 1. The maximum atomic E-state index is 13.2. The number of ether oxygens (including phenoxy) is 1. The van der Waals surface area contributed by atoms with Crippen LogP contribution in [0.2, 0.25) is 0 Å². The SMILES string of the molecule is CCN1C=CC(c2c[nH]c3ccc(NC(=O)N(C(=O)OC(C)C)c4ccccc4)cc23)CC1. The van der Waals surface area contributed by atoms with Gasteiger partial charge in [0, 0.05) is 41.8 Å². The number of anilines is 2. The maximum Gasteiger partial charge on any atom is 0.422 e. The lowest BCUT2D eigenvalue weighted by Gasteiger charge is -2.26. The standard InChI is InChI=1S/C26H30N4O3/c1-4-29-14-12-19(13-15-29)23-17-27-24-11-10-20(16-22(23)24)28-25(31)30(26(32)33-18(2)3)21-8-6-5-7-9-21/h5-12,14,16-19,27H,4,13,15H2,1-3H3,(H,28,31). The number of imide groups is 1. The van der Waals surface area contributed by atoms with Crippen LogP contribution >= 0.6 is 0 Å². The van der Waals surface area contributed by atoms with E-state index < -0.39 is 12.1 Å². The average Bonchev–Trinajstić information content (AvgIpc) is 3.23. The molecular formula is C26H30N4O3. The molecule has 7 heteroatoms. The second-order valence-corrected chi connectivity index (χ2v) is 8.40. The molecule has 2 N–H and O–H groups in total. The summed E-state index contributed by atoms with van der Waals surface area (Å²) < 4.78 is 5.31. The fourth-order valence-electron chi connectivity index (χ4n) is 4.07. The second kappa shape index (κ2) is 9.81. The number of carbonyl (C=O) groups excluding carboxylic acids is 2. The number of fused-ring (bicyclic) bond motifs is 1. The topological polar surface area (TPSA) is 77.7 Å². The normalized spacial score (nSPS) is 15.6. The summed E-state index contributed by atoms with van der Waals surface area (Å²) in [4.78, 5) is 32.5. The summed E-state index contributed by atoms with van der Waals surface area (Å²) in [6.45, 7) is 7.68. The third kappa shape index (κ3) is 5.03. The number of nitrogens with one attached hydrogen (secondary N) is 2. The highest BCUT2D eigenvalue weighted by Crippen LogP contribution is 2.33. The molecule has 172 valence electrons. The highest BCUT2D eigenvalue weighted by molar-refractivity contribution is 6.16. The summed E-state index contributed by atoms with van der Waals surface area (Å²) >= 11 is 0. The molecule has 0 bridgehead atoms. The van der Waals surface area contributed by atoms with E-state index in [-0.39, 0.29) is 6.10 Å². The Morgan fingerprint density at radius 1 is 1.21 bits per heavy atom. The van der Waals surface area contributed by atoms with Gasteiger partial charge < -0.3 is 19.9 Å². The van der Waals surface area contributed by atoms with Crippen LogP contribution < -0.4 is 10.2 Å². The Morgan fingerprint density at radius 2 is 2.00 bits per heavy atom. The Kier molecular flexibility index (Phi) is 6.68. The van der Waals surface area contributed by atoms with Gasteiger partial charge in [0.2, 0.25) is 0 Å². The van der Waals surface area contributed by atoms with Crippen LogP contribution in [0, 0.1) is 0 Å². The molecule has 1 aliphatic heterocycles. The van der Waals surface area contributed by atoms with Crippen LogP contribution in [0.5, 0.6) is 0 Å². The zero-order valence-electron chi connectivity index (χ0n) is 19.2. The van der Waals surface area contributed by atoms with Gasteiger partial charge in [-0.25, -0.2) is 9.59 Å². The lowest BCUT2D eigenvalue weighted by molar-refractivity contribution is 0.124. The zero-order chi connectivity index (χ0) is 23.4. The Labute approximate surface area is 194 Å². The van der Waals surface area contributed by atoms with Crippen LogP contribution in [0.15, 0.2) is 67.0 Å². The Bertz CT molecular complexity index is 1150. The van der Waals surface area contributed by atoms with Crippen LogP contribution in [-0.2, 0) is 4.74 Å². The van der Waals surface area contributed by atoms with E-state index in [4.69, 9.17) is 4.74 Å². The van der Waals surface area contributed by atoms with Crippen LogP contribution in [-0.4, -0.2) is 41.2 Å². The molecule has 1 aromatic heterocycles. The number of allylic oxidation sites excluding steroid dienone is 1. The van der Waals surface area contributed by atoms with Gasteiger partial charge >= 0.3 is 12.1 Å². The molecule has 3 amide bonds. The van der Waals surface area contributed by atoms with Crippen molar-refractivity contribution in [1.82, 2.24) is 9.88 Å². The first-order valence-electron chi connectivity index (χ1n) is 11.4. The smallest absolute Gasteiger partial charge is 0.422 e. The van der Waals surface area contributed by atoms with E-state index >= 15 is 0 Å². The molecular weight excluding hydrogens is 416 g/mol. The summed E-state index contributed by atoms with van der Waals surface area (Å²) in [5.74, 6) is 0.314. The number of benzene rings is 2. The third-order valence-corrected chi connectivity index (χ3v) is 5.76. The van der Waals surface area contributed by atoms with Gasteiger partial charge in [-0.3, -0.25) is 0 Å². The number of nitrogens with zero attached hydrogens (tertiary/aromatic N) is 2. The molecule has 3 aromatic rings. The number of rotatable bonds is 5. The molecule has 1 aliphatic rings. The van der Waals surface area contributed by atoms with E-state index in [1.165, 1.54) is 5.56 Å². The monoisotopic (exact) mass is 446 g/mol. The van der Waals surface area contributed by atoms with Gasteiger partial charge in [-0.15, -0.1) is 0 Å². The maximum absolute atomic E-state index is 13.2. The van der Waals surface area contributed by atoms with Gasteiger partial charge in [-0.1, -0.05) is 24.3 Å². The number of aromatic amines is 1. The van der Waals surface area contributed by atoms with Crippen molar-refractivity contribution >= 4 is 34.4 Å². The Hall–Kier alpha value is -3.74. The van der Waals surface area contributed by atoms with Crippen LogP contribution in [0.3, 0.4) is 0 Å². The minimum atomic E-state index is -0.718. The lowest BCUT2D eigenvalue weighted by atomic mass is 9.93. The van der Waals surface area contributed by atoms with Crippen molar-refractivity contribution in [3.8, 4) is 0 Å². The lowest BCUT2D eigenvalue weighted by Crippen LogP contribution is -2.41. The molecule has 33 heavy (non-hydrogen) atoms. The van der Waals surface area contributed by atoms with Crippen molar-refractivity contribution in [2.45, 2.75) is 39.2 Å². The molecule has 0 fully saturated rings. The molecule has 1 unspecified atom stereocenters. The van der Waals surface area contributed by atoms with E-state index in [1.54, 1.807) is 38.1 Å². The molecule has 1 atom stereocenters. The fraction of sp³-hybridized carbons (Fsp3) is 0.308. The highest BCUT2D eigenvalue weighted by Gasteiger charge is 2.26. The zero-order valence-corrected chi connectivity index (χ0v) is 19.2. The molecule has 0 saturated carbocycles. The summed E-state index contributed by atoms with van der Waals surface area (Å²) in [6.07, 6.45) is 6.42. The first kappa shape index (κ1) is 22.5. The van der Waals surface area contributed by atoms with E-state index in [9.17, 15) is 9.59 Å². The predicted molar refractivity (Wildman–Crippen MR) is 132 cm³/mol. The van der Waals surface area contributed by atoms with Gasteiger partial charge in [0.1, 0.15) is 0 Å². The van der Waals surface area contributed by atoms with Crippen molar-refractivity contribution in [2.75, 3.05) is 23.3 Å². The first-order valence-corrected chi connectivity index (χ1v) is 11.4. The number of hydrogen-bond donors (Lipinski definition) is 2. The summed E-state index contributed by atoms with van der Waals surface area (Å²) in [7, 11) is 0. The average molecular weight is 447 g/mol. The van der Waals surface area contributed by atoms with Crippen molar-refractivity contribution in [2.24, 2.45) is 0 Å². The van der Waals surface area contributed by atoms with Gasteiger partial charge in [-0.05, 0) is 69.3 Å². The van der Waals surface area contributed by atoms with Gasteiger partial charge in [0.05, 0.1) is 11.8 Å². The van der Waals surface area contributed by atoms with Crippen molar-refractivity contribution < 1.29 is 14.3 Å². The highest BCUT2D eigenvalue weighted by atomic mass is 16.6. The largest absolute Gasteiger partial charge is 0.446 e. The van der Waals surface area contributed by atoms with Crippen LogP contribution in [0.1, 0.15) is 38.7 Å². The molecule has 7 nitrogen and oxygen atoms in total. The van der Waals surface area contributed by atoms with Gasteiger partial charge in [0.15, 0.2) is 0 Å². The van der Waals surface area contributed by atoms with Crippen molar-refractivity contribution in [1.29, 1.82) is 0 Å². The fourth-order valence-corrected chi connectivity index (χ4v) is 4.07. The second-order valence-electron chi connectivity index (χ2n) is 8.40. The number of carbonyl (C=O) groups is 2. The molecule has 0 spiro atoms. The molecule has 2 aromatic carbocycles. The van der Waals surface area contributed by atoms with E-state index in [2.05, 4.69) is 34.4 Å². The van der Waals surface area contributed by atoms with Crippen LogP contribution in [0.25, 0.3) is 10.9 Å². The predicted octanol–water partition coefficient (Wildman–Crippen LogP) is 6.07.